The third-order valence-corrected chi connectivity index (χ3v) is 2.49. The molecular formula is C11H15N7O. The molecule has 1 amide bonds. The number of anilines is 2. The van der Waals surface area contributed by atoms with Crippen molar-refractivity contribution in [2.75, 3.05) is 17.7 Å². The number of hydrogen-bond acceptors (Lipinski definition) is 6. The molecule has 0 aliphatic carbocycles. The fourth-order valence-electron chi connectivity index (χ4n) is 1.54. The molecule has 2 rings (SSSR count). The normalized spacial score (nSPS) is 10.3. The van der Waals surface area contributed by atoms with Crippen LogP contribution in [0.25, 0.3) is 0 Å². The van der Waals surface area contributed by atoms with Crippen LogP contribution in [0.1, 0.15) is 23.0 Å². The first-order chi connectivity index (χ1) is 9.12. The lowest BCUT2D eigenvalue weighted by molar-refractivity contribution is 0.102. The van der Waals surface area contributed by atoms with Crippen LogP contribution in [0.15, 0.2) is 12.1 Å². The second kappa shape index (κ2) is 5.42. The molecule has 0 bridgehead atoms. The van der Waals surface area contributed by atoms with E-state index in [9.17, 15) is 4.79 Å². The number of pyridine rings is 1. The molecule has 0 fully saturated rings. The molecule has 0 saturated carbocycles. The lowest BCUT2D eigenvalue weighted by atomic mass is 10.2. The highest BCUT2D eigenvalue weighted by molar-refractivity contribution is 6.03. The van der Waals surface area contributed by atoms with Crippen LogP contribution in [0.3, 0.4) is 0 Å². The van der Waals surface area contributed by atoms with E-state index in [-0.39, 0.29) is 11.9 Å². The van der Waals surface area contributed by atoms with Gasteiger partial charge in [0.05, 0.1) is 7.05 Å². The average molecular weight is 261 g/mol. The topological polar surface area (TPSA) is 97.6 Å². The van der Waals surface area contributed by atoms with Crippen LogP contribution in [0.5, 0.6) is 0 Å². The summed E-state index contributed by atoms with van der Waals surface area (Å²) in [4.78, 5) is 17.7. The summed E-state index contributed by atoms with van der Waals surface area (Å²) >= 11 is 0. The van der Waals surface area contributed by atoms with Crippen LogP contribution in [0, 0.1) is 0 Å². The lowest BCUT2D eigenvalue weighted by Crippen LogP contribution is -2.14. The van der Waals surface area contributed by atoms with Gasteiger partial charge in [0, 0.05) is 18.3 Å². The molecule has 0 saturated heterocycles. The Hall–Kier alpha value is -2.51. The summed E-state index contributed by atoms with van der Waals surface area (Å²) in [5, 5.41) is 16.8. The summed E-state index contributed by atoms with van der Waals surface area (Å²) in [6.45, 7) is 1.98. The lowest BCUT2D eigenvalue weighted by Gasteiger charge is -2.06. The quantitative estimate of drug-likeness (QED) is 0.829. The molecule has 0 radical (unpaired) electrons. The molecule has 8 heteroatoms. The number of carbonyl (C=O) groups excluding carboxylic acids is 1. The van der Waals surface area contributed by atoms with Gasteiger partial charge in [-0.2, -0.15) is 4.80 Å². The molecule has 0 aliphatic heterocycles. The zero-order chi connectivity index (χ0) is 13.8. The van der Waals surface area contributed by atoms with Gasteiger partial charge in [-0.3, -0.25) is 10.1 Å². The summed E-state index contributed by atoms with van der Waals surface area (Å²) in [6, 6.07) is 3.41. The van der Waals surface area contributed by atoms with E-state index in [4.69, 9.17) is 0 Å². The number of nitrogens with zero attached hydrogens (tertiary/aromatic N) is 5. The van der Waals surface area contributed by atoms with Gasteiger partial charge < -0.3 is 5.32 Å². The number of aryl methyl sites for hydroxylation is 2. The van der Waals surface area contributed by atoms with Crippen LogP contribution in [0.4, 0.5) is 11.8 Å². The van der Waals surface area contributed by atoms with Crippen molar-refractivity contribution in [3.8, 4) is 0 Å². The summed E-state index contributed by atoms with van der Waals surface area (Å²) in [6.07, 6.45) is 0.749. The maximum Gasteiger partial charge on any atom is 0.270 e. The van der Waals surface area contributed by atoms with Gasteiger partial charge >= 0.3 is 0 Å². The number of carbonyl (C=O) groups is 1. The first kappa shape index (κ1) is 12.9. The van der Waals surface area contributed by atoms with Gasteiger partial charge in [0.25, 0.3) is 11.9 Å². The van der Waals surface area contributed by atoms with Gasteiger partial charge in [0.15, 0.2) is 0 Å². The fraction of sp³-hybridized carbons (Fsp3) is 0.364. The van der Waals surface area contributed by atoms with E-state index < -0.39 is 0 Å². The van der Waals surface area contributed by atoms with E-state index in [2.05, 4.69) is 31.0 Å². The van der Waals surface area contributed by atoms with Gasteiger partial charge in [-0.15, -0.1) is 5.10 Å². The summed E-state index contributed by atoms with van der Waals surface area (Å²) in [7, 11) is 3.39. The number of nitrogens with one attached hydrogen (secondary N) is 2. The zero-order valence-corrected chi connectivity index (χ0v) is 11.0. The third-order valence-electron chi connectivity index (χ3n) is 2.49. The first-order valence-corrected chi connectivity index (χ1v) is 5.86. The first-order valence-electron chi connectivity index (χ1n) is 5.86. The van der Waals surface area contributed by atoms with Crippen molar-refractivity contribution in [1.29, 1.82) is 0 Å². The van der Waals surface area contributed by atoms with Gasteiger partial charge in [-0.05, 0) is 23.8 Å². The minimum Gasteiger partial charge on any atom is -0.373 e. The largest absolute Gasteiger partial charge is 0.373 e. The van der Waals surface area contributed by atoms with Gasteiger partial charge in [-0.1, -0.05) is 12.0 Å². The van der Waals surface area contributed by atoms with E-state index >= 15 is 0 Å². The Morgan fingerprint density at radius 3 is 2.79 bits per heavy atom. The van der Waals surface area contributed by atoms with Crippen molar-refractivity contribution in [3.63, 3.8) is 0 Å². The van der Waals surface area contributed by atoms with Crippen LogP contribution < -0.4 is 10.6 Å². The number of hydrogen-bond donors (Lipinski definition) is 2. The Morgan fingerprint density at radius 1 is 1.42 bits per heavy atom. The Balaban J connectivity index is 2.22. The Labute approximate surface area is 110 Å². The summed E-state index contributed by atoms with van der Waals surface area (Å²) < 4.78 is 0. The molecule has 0 spiro atoms. The van der Waals surface area contributed by atoms with Crippen molar-refractivity contribution in [1.82, 2.24) is 25.2 Å². The Bertz CT molecular complexity index is 570. The van der Waals surface area contributed by atoms with Crippen LogP contribution >= 0.6 is 0 Å². The minimum atomic E-state index is -0.290. The highest BCUT2D eigenvalue weighted by Gasteiger charge is 2.11. The smallest absolute Gasteiger partial charge is 0.270 e. The van der Waals surface area contributed by atoms with E-state index in [1.54, 1.807) is 26.2 Å². The molecule has 2 aromatic rings. The molecule has 19 heavy (non-hydrogen) atoms. The molecular weight excluding hydrogens is 246 g/mol. The maximum absolute atomic E-state index is 12.1. The van der Waals surface area contributed by atoms with E-state index in [0.29, 0.717) is 11.4 Å². The van der Waals surface area contributed by atoms with Crippen molar-refractivity contribution in [3.05, 3.63) is 23.4 Å². The zero-order valence-electron chi connectivity index (χ0n) is 11.0. The number of tetrazole rings is 1. The third kappa shape index (κ3) is 3.03. The van der Waals surface area contributed by atoms with Crippen molar-refractivity contribution in [2.45, 2.75) is 13.3 Å². The summed E-state index contributed by atoms with van der Waals surface area (Å²) in [5.74, 6) is 0.534. The second-order valence-corrected chi connectivity index (χ2v) is 3.89. The van der Waals surface area contributed by atoms with Crippen molar-refractivity contribution < 1.29 is 4.79 Å². The van der Waals surface area contributed by atoms with E-state index in [1.807, 2.05) is 6.92 Å². The van der Waals surface area contributed by atoms with Crippen molar-refractivity contribution >= 4 is 17.7 Å². The Kier molecular flexibility index (Phi) is 3.69. The van der Waals surface area contributed by atoms with E-state index in [0.717, 1.165) is 12.1 Å². The molecule has 2 N–H and O–H groups in total. The molecule has 0 atom stereocenters. The molecule has 0 aromatic carbocycles. The van der Waals surface area contributed by atoms with E-state index in [1.165, 1.54) is 4.80 Å². The number of amides is 1. The average Bonchev–Trinajstić information content (AvgIpc) is 2.83. The molecule has 2 heterocycles. The predicted molar refractivity (Wildman–Crippen MR) is 69.9 cm³/mol. The van der Waals surface area contributed by atoms with Crippen molar-refractivity contribution in [2.24, 2.45) is 7.05 Å². The Morgan fingerprint density at radius 2 is 2.21 bits per heavy atom. The van der Waals surface area contributed by atoms with Gasteiger partial charge in [0.2, 0.25) is 0 Å². The SMILES string of the molecule is CCc1cc(C(=O)Nc2nnn(C)n2)cc(NC)n1. The number of rotatable bonds is 4. The molecule has 0 aliphatic rings. The van der Waals surface area contributed by atoms with Crippen LogP contribution in [0.2, 0.25) is 0 Å². The van der Waals surface area contributed by atoms with Gasteiger partial charge in [-0.25, -0.2) is 4.98 Å². The molecule has 100 valence electrons. The molecule has 0 unspecified atom stereocenters. The van der Waals surface area contributed by atoms with Crippen LogP contribution in [-0.4, -0.2) is 38.1 Å². The minimum absolute atomic E-state index is 0.174. The maximum atomic E-state index is 12.1. The fourth-order valence-corrected chi connectivity index (χ4v) is 1.54. The van der Waals surface area contributed by atoms with Crippen LogP contribution in [-0.2, 0) is 13.5 Å². The number of aromatic nitrogens is 5. The highest BCUT2D eigenvalue weighted by Crippen LogP contribution is 2.12. The molecule has 8 nitrogen and oxygen atoms in total. The molecule has 2 aromatic heterocycles. The van der Waals surface area contributed by atoms with Gasteiger partial charge in [0.1, 0.15) is 5.82 Å². The predicted octanol–water partition coefficient (Wildman–Crippen LogP) is 0.461. The summed E-state index contributed by atoms with van der Waals surface area (Å²) in [5.41, 5.74) is 1.34. The second-order valence-electron chi connectivity index (χ2n) is 3.89. The monoisotopic (exact) mass is 261 g/mol. The highest BCUT2D eigenvalue weighted by atomic mass is 16.1. The standard InChI is InChI=1S/C11H15N7O/c1-4-8-5-7(6-9(12-2)13-8)10(19)14-11-15-17-18(3)16-11/h5-6H,4H2,1-3H3,(H,12,13)(H,14,16,19).